The molecule has 0 bridgehead atoms. The summed E-state index contributed by atoms with van der Waals surface area (Å²) >= 11 is 0. The molecule has 1 saturated carbocycles. The van der Waals surface area contributed by atoms with E-state index >= 15 is 0 Å². The zero-order valence-electron chi connectivity index (χ0n) is 11.8. The standard InChI is InChI=1S/C14H23N3O3/c15-13(18)8-17-11-6-16(10-4-2-1-3-5-10)7-12(11)20-9-14(17)19/h10-12H,1-9H2,(H2,15,18)/t11-,12+/m1/s1. The lowest BCUT2D eigenvalue weighted by molar-refractivity contribution is -0.155. The van der Waals surface area contributed by atoms with E-state index in [1.54, 1.807) is 4.90 Å². The first kappa shape index (κ1) is 13.8. The van der Waals surface area contributed by atoms with E-state index in [-0.39, 0.29) is 31.2 Å². The molecule has 6 heteroatoms. The Morgan fingerprint density at radius 3 is 2.70 bits per heavy atom. The van der Waals surface area contributed by atoms with Gasteiger partial charge < -0.3 is 15.4 Å². The number of fused-ring (bicyclic) bond motifs is 1. The third-order valence-corrected chi connectivity index (χ3v) is 4.82. The molecule has 0 spiro atoms. The minimum Gasteiger partial charge on any atom is -0.368 e. The first-order valence-electron chi connectivity index (χ1n) is 7.58. The van der Waals surface area contributed by atoms with E-state index in [0.717, 1.165) is 13.1 Å². The number of primary amides is 1. The van der Waals surface area contributed by atoms with Crippen molar-refractivity contribution >= 4 is 11.8 Å². The minimum atomic E-state index is -0.449. The Hall–Kier alpha value is -1.14. The molecular formula is C14H23N3O3. The van der Waals surface area contributed by atoms with Crippen LogP contribution < -0.4 is 5.73 Å². The highest BCUT2D eigenvalue weighted by Crippen LogP contribution is 2.30. The molecule has 112 valence electrons. The van der Waals surface area contributed by atoms with Crippen LogP contribution in [0.15, 0.2) is 0 Å². The first-order chi connectivity index (χ1) is 9.65. The maximum atomic E-state index is 11.9. The lowest BCUT2D eigenvalue weighted by Gasteiger charge is -2.36. The number of morpholine rings is 1. The molecule has 1 aliphatic carbocycles. The van der Waals surface area contributed by atoms with E-state index in [1.165, 1.54) is 32.1 Å². The van der Waals surface area contributed by atoms with Gasteiger partial charge >= 0.3 is 0 Å². The Balaban J connectivity index is 1.68. The summed E-state index contributed by atoms with van der Waals surface area (Å²) < 4.78 is 5.66. The van der Waals surface area contributed by atoms with Crippen molar-refractivity contribution in [1.29, 1.82) is 0 Å². The largest absolute Gasteiger partial charge is 0.368 e. The second kappa shape index (κ2) is 5.69. The van der Waals surface area contributed by atoms with Crippen LogP contribution >= 0.6 is 0 Å². The molecular weight excluding hydrogens is 258 g/mol. The van der Waals surface area contributed by atoms with Crippen molar-refractivity contribution in [2.24, 2.45) is 5.73 Å². The number of hydrogen-bond acceptors (Lipinski definition) is 4. The fourth-order valence-electron chi connectivity index (χ4n) is 3.81. The van der Waals surface area contributed by atoms with Crippen molar-refractivity contribution in [3.05, 3.63) is 0 Å². The molecule has 2 saturated heterocycles. The highest BCUT2D eigenvalue weighted by Gasteiger charge is 2.45. The average Bonchev–Trinajstić information content (AvgIpc) is 2.87. The Morgan fingerprint density at radius 1 is 1.25 bits per heavy atom. The van der Waals surface area contributed by atoms with Crippen molar-refractivity contribution in [2.75, 3.05) is 26.2 Å². The highest BCUT2D eigenvalue weighted by atomic mass is 16.5. The van der Waals surface area contributed by atoms with E-state index in [4.69, 9.17) is 10.5 Å². The summed E-state index contributed by atoms with van der Waals surface area (Å²) in [5, 5.41) is 0. The smallest absolute Gasteiger partial charge is 0.249 e. The van der Waals surface area contributed by atoms with E-state index < -0.39 is 5.91 Å². The van der Waals surface area contributed by atoms with Crippen LogP contribution in [0.4, 0.5) is 0 Å². The van der Waals surface area contributed by atoms with Crippen LogP contribution in [0.1, 0.15) is 32.1 Å². The maximum Gasteiger partial charge on any atom is 0.249 e. The number of hydrogen-bond donors (Lipinski definition) is 1. The summed E-state index contributed by atoms with van der Waals surface area (Å²) in [6, 6.07) is 0.606. The zero-order valence-corrected chi connectivity index (χ0v) is 11.8. The predicted molar refractivity (Wildman–Crippen MR) is 72.9 cm³/mol. The van der Waals surface area contributed by atoms with Gasteiger partial charge in [-0.15, -0.1) is 0 Å². The summed E-state index contributed by atoms with van der Waals surface area (Å²) in [6.45, 7) is 1.78. The van der Waals surface area contributed by atoms with Gasteiger partial charge in [0, 0.05) is 19.1 Å². The van der Waals surface area contributed by atoms with Crippen LogP contribution in [0.5, 0.6) is 0 Å². The van der Waals surface area contributed by atoms with Crippen LogP contribution in [-0.2, 0) is 14.3 Å². The van der Waals surface area contributed by atoms with E-state index in [1.807, 2.05) is 0 Å². The van der Waals surface area contributed by atoms with Gasteiger partial charge in [-0.25, -0.2) is 0 Å². The molecule has 0 aromatic rings. The van der Waals surface area contributed by atoms with Gasteiger partial charge in [0.05, 0.1) is 18.7 Å². The molecule has 3 fully saturated rings. The molecule has 6 nitrogen and oxygen atoms in total. The summed E-state index contributed by atoms with van der Waals surface area (Å²) in [7, 11) is 0. The van der Waals surface area contributed by atoms with Crippen molar-refractivity contribution in [1.82, 2.24) is 9.80 Å². The van der Waals surface area contributed by atoms with Gasteiger partial charge in [-0.05, 0) is 12.8 Å². The first-order valence-corrected chi connectivity index (χ1v) is 7.58. The number of carbonyl (C=O) groups is 2. The summed E-state index contributed by atoms with van der Waals surface area (Å²) in [6.07, 6.45) is 6.43. The molecule has 0 aromatic carbocycles. The summed E-state index contributed by atoms with van der Waals surface area (Å²) in [4.78, 5) is 27.2. The molecule has 0 aromatic heterocycles. The summed E-state index contributed by atoms with van der Waals surface area (Å²) in [5.41, 5.74) is 5.26. The van der Waals surface area contributed by atoms with Gasteiger partial charge in [0.25, 0.3) is 0 Å². The number of carbonyl (C=O) groups excluding carboxylic acids is 2. The van der Waals surface area contributed by atoms with E-state index in [9.17, 15) is 9.59 Å². The van der Waals surface area contributed by atoms with Gasteiger partial charge in [0.15, 0.2) is 0 Å². The summed E-state index contributed by atoms with van der Waals surface area (Å²) in [5.74, 6) is -0.564. The van der Waals surface area contributed by atoms with Crippen LogP contribution in [0.3, 0.4) is 0 Å². The predicted octanol–water partition coefficient (Wildman–Crippen LogP) is -0.284. The number of nitrogens with zero attached hydrogens (tertiary/aromatic N) is 2. The van der Waals surface area contributed by atoms with Crippen LogP contribution in [0.25, 0.3) is 0 Å². The third-order valence-electron chi connectivity index (χ3n) is 4.82. The molecule has 20 heavy (non-hydrogen) atoms. The number of ether oxygens (including phenoxy) is 1. The van der Waals surface area contributed by atoms with Crippen molar-refractivity contribution in [2.45, 2.75) is 50.3 Å². The molecule has 0 radical (unpaired) electrons. The second-order valence-corrected chi connectivity index (χ2v) is 6.15. The number of nitrogens with two attached hydrogens (primary N) is 1. The SMILES string of the molecule is NC(=O)CN1C(=O)CO[C@H]2CN(C3CCCCC3)C[C@H]21. The lowest BCUT2D eigenvalue weighted by Crippen LogP contribution is -2.56. The van der Waals surface area contributed by atoms with Gasteiger partial charge in [0.2, 0.25) is 11.8 Å². The minimum absolute atomic E-state index is 0.00863. The molecule has 3 aliphatic rings. The van der Waals surface area contributed by atoms with Gasteiger partial charge in [0.1, 0.15) is 6.61 Å². The van der Waals surface area contributed by atoms with Crippen LogP contribution in [-0.4, -0.2) is 66.0 Å². The van der Waals surface area contributed by atoms with Gasteiger partial charge in [-0.1, -0.05) is 19.3 Å². The molecule has 2 N–H and O–H groups in total. The van der Waals surface area contributed by atoms with Gasteiger partial charge in [-0.3, -0.25) is 14.5 Å². The van der Waals surface area contributed by atoms with Crippen LogP contribution in [0.2, 0.25) is 0 Å². The molecule has 0 unspecified atom stereocenters. The Labute approximate surface area is 119 Å². The third kappa shape index (κ3) is 2.67. The average molecular weight is 281 g/mol. The fourth-order valence-corrected chi connectivity index (χ4v) is 3.81. The number of likely N-dealkylation sites (tertiary alicyclic amines) is 1. The molecule has 2 amide bonds. The van der Waals surface area contributed by atoms with Crippen molar-refractivity contribution in [3.63, 3.8) is 0 Å². The maximum absolute atomic E-state index is 11.9. The number of rotatable bonds is 3. The fraction of sp³-hybridized carbons (Fsp3) is 0.857. The second-order valence-electron chi connectivity index (χ2n) is 6.15. The van der Waals surface area contributed by atoms with Crippen LogP contribution in [0, 0.1) is 0 Å². The van der Waals surface area contributed by atoms with E-state index in [2.05, 4.69) is 4.90 Å². The van der Waals surface area contributed by atoms with E-state index in [0.29, 0.717) is 6.04 Å². The molecule has 2 heterocycles. The molecule has 2 atom stereocenters. The van der Waals surface area contributed by atoms with Crippen molar-refractivity contribution in [3.8, 4) is 0 Å². The quantitative estimate of drug-likeness (QED) is 0.772. The highest BCUT2D eigenvalue weighted by molar-refractivity contribution is 5.85. The molecule has 3 rings (SSSR count). The zero-order chi connectivity index (χ0) is 14.1. The lowest BCUT2D eigenvalue weighted by atomic mass is 9.94. The number of amides is 2. The topological polar surface area (TPSA) is 75.9 Å². The Morgan fingerprint density at radius 2 is 2.00 bits per heavy atom. The Kier molecular flexibility index (Phi) is 3.94. The Bertz CT molecular complexity index is 395. The van der Waals surface area contributed by atoms with Gasteiger partial charge in [-0.2, -0.15) is 0 Å². The van der Waals surface area contributed by atoms with Crippen molar-refractivity contribution < 1.29 is 14.3 Å². The molecule has 2 aliphatic heterocycles. The normalized spacial score (nSPS) is 32.4. The monoisotopic (exact) mass is 281 g/mol.